The molecule has 0 spiro atoms. The molecular weight excluding hydrogens is 776 g/mol. The van der Waals surface area contributed by atoms with Gasteiger partial charge in [-0.05, 0) is 25.7 Å². The van der Waals surface area contributed by atoms with Crippen molar-refractivity contribution >= 4 is 95.6 Å². The molecule has 0 rings (SSSR count). The Morgan fingerprint density at radius 2 is 1.27 bits per heavy atom. The van der Waals surface area contributed by atoms with E-state index < -0.39 is 6.10 Å². The normalized spacial score (nSPS) is 17.5. The molecule has 0 bridgehead atoms. The van der Waals surface area contributed by atoms with Crippen molar-refractivity contribution in [2.75, 3.05) is 6.61 Å². The van der Waals surface area contributed by atoms with E-state index in [0.29, 0.717) is 9.65 Å². The number of aliphatic hydroxyl groups is 2. The number of rotatable bonds is 20. The van der Waals surface area contributed by atoms with Gasteiger partial charge in [0.05, 0.1) is 17.5 Å². The van der Waals surface area contributed by atoms with E-state index in [1.165, 1.54) is 57.8 Å². The Morgan fingerprint density at radius 3 is 1.87 bits per heavy atom. The second-order valence-electron chi connectivity index (χ2n) is 8.32. The van der Waals surface area contributed by atoms with Crippen molar-refractivity contribution in [3.8, 4) is 0 Å². The minimum absolute atomic E-state index is 0.0619. The monoisotopic (exact) mass is 810 g/mol. The van der Waals surface area contributed by atoms with Crippen molar-refractivity contribution in [2.24, 2.45) is 0 Å². The highest BCUT2D eigenvalue weighted by molar-refractivity contribution is 9.25. The third-order valence-electron chi connectivity index (χ3n) is 5.40. The molecule has 0 amide bonds. The van der Waals surface area contributed by atoms with Gasteiger partial charge in [0.15, 0.2) is 0 Å². The van der Waals surface area contributed by atoms with E-state index in [9.17, 15) is 10.2 Å². The molecule has 8 heteroatoms. The SMILES string of the molecule is CCCCCC[C@@H](Br)[C@@H](Br)[C@@H](O)[C@H](Br)C[C@@H](Br)CCCCCCCCC(Br)(Br)CO. The highest BCUT2D eigenvalue weighted by Gasteiger charge is 2.30. The maximum atomic E-state index is 10.7. The van der Waals surface area contributed by atoms with Crippen LogP contribution in [0.25, 0.3) is 0 Å². The molecule has 30 heavy (non-hydrogen) atoms. The molecule has 0 saturated carbocycles. The standard InChI is InChI=1S/C22H40Br6O2/c1-2-3-4-10-13-18(24)20(26)21(30)19(25)15-17(23)12-9-7-5-6-8-11-14-22(27,28)16-29/h17-21,29-30H,2-16H2,1H3/t17-,18+,19+,20+,21-/m0/s1. The fourth-order valence-corrected chi connectivity index (χ4v) is 7.62. The van der Waals surface area contributed by atoms with Crippen LogP contribution < -0.4 is 0 Å². The van der Waals surface area contributed by atoms with Gasteiger partial charge in [0, 0.05) is 14.5 Å². The Labute approximate surface area is 235 Å². The summed E-state index contributed by atoms with van der Waals surface area (Å²) >= 11 is 22.0. The van der Waals surface area contributed by atoms with Gasteiger partial charge >= 0.3 is 0 Å². The molecule has 0 saturated heterocycles. The molecule has 0 aromatic rings. The van der Waals surface area contributed by atoms with Crippen molar-refractivity contribution in [2.45, 2.75) is 125 Å². The fraction of sp³-hybridized carbons (Fsp3) is 1.00. The highest BCUT2D eigenvalue weighted by atomic mass is 79.9. The first-order valence-electron chi connectivity index (χ1n) is 11.4. The topological polar surface area (TPSA) is 40.5 Å². The van der Waals surface area contributed by atoms with Crippen molar-refractivity contribution in [3.63, 3.8) is 0 Å². The largest absolute Gasteiger partial charge is 0.394 e. The second-order valence-corrected chi connectivity index (χ2v) is 17.1. The van der Waals surface area contributed by atoms with Gasteiger partial charge in [-0.2, -0.15) is 0 Å². The molecule has 182 valence electrons. The summed E-state index contributed by atoms with van der Waals surface area (Å²) in [4.78, 5) is 0.880. The molecule has 2 nitrogen and oxygen atoms in total. The minimum Gasteiger partial charge on any atom is -0.394 e. The van der Waals surface area contributed by atoms with E-state index in [1.54, 1.807) is 0 Å². The average Bonchev–Trinajstić information content (AvgIpc) is 2.71. The van der Waals surface area contributed by atoms with Crippen LogP contribution in [-0.2, 0) is 0 Å². The van der Waals surface area contributed by atoms with Gasteiger partial charge < -0.3 is 10.2 Å². The Morgan fingerprint density at radius 1 is 0.733 bits per heavy atom. The van der Waals surface area contributed by atoms with Gasteiger partial charge in [0.25, 0.3) is 0 Å². The van der Waals surface area contributed by atoms with Crippen molar-refractivity contribution < 1.29 is 10.2 Å². The van der Waals surface area contributed by atoms with Crippen LogP contribution in [0.5, 0.6) is 0 Å². The maximum absolute atomic E-state index is 10.7. The number of hydrogen-bond acceptors (Lipinski definition) is 2. The number of alkyl halides is 6. The van der Waals surface area contributed by atoms with Crippen LogP contribution in [0.2, 0.25) is 0 Å². The molecule has 2 N–H and O–H groups in total. The minimum atomic E-state index is -0.407. The molecule has 0 aliphatic carbocycles. The molecule has 0 aromatic carbocycles. The number of hydrogen-bond donors (Lipinski definition) is 2. The van der Waals surface area contributed by atoms with Crippen molar-refractivity contribution in [1.82, 2.24) is 0 Å². The molecule has 0 aliphatic heterocycles. The zero-order valence-corrected chi connectivity index (χ0v) is 27.7. The van der Waals surface area contributed by atoms with E-state index in [1.807, 2.05) is 0 Å². The van der Waals surface area contributed by atoms with E-state index in [2.05, 4.69) is 103 Å². The van der Waals surface area contributed by atoms with Gasteiger partial charge in [0.1, 0.15) is 3.23 Å². The number of halogens is 6. The molecule has 0 aromatic heterocycles. The Balaban J connectivity index is 3.87. The van der Waals surface area contributed by atoms with E-state index >= 15 is 0 Å². The summed E-state index contributed by atoms with van der Waals surface area (Å²) in [6.07, 6.45) is 16.1. The van der Waals surface area contributed by atoms with Crippen molar-refractivity contribution in [1.29, 1.82) is 0 Å². The summed E-state index contributed by atoms with van der Waals surface area (Å²) in [5.41, 5.74) is 0. The van der Waals surface area contributed by atoms with Gasteiger partial charge in [0.2, 0.25) is 0 Å². The summed E-state index contributed by atoms with van der Waals surface area (Å²) < 4.78 is -0.294. The maximum Gasteiger partial charge on any atom is 0.103 e. The first-order valence-corrected chi connectivity index (χ1v) is 16.6. The van der Waals surface area contributed by atoms with Gasteiger partial charge in [-0.1, -0.05) is 167 Å². The van der Waals surface area contributed by atoms with Crippen LogP contribution in [0.1, 0.15) is 96.8 Å². The van der Waals surface area contributed by atoms with Crippen LogP contribution in [0.3, 0.4) is 0 Å². The van der Waals surface area contributed by atoms with Crippen LogP contribution in [0, 0.1) is 0 Å². The molecule has 0 aliphatic rings. The Hall–Kier alpha value is 2.80. The lowest BCUT2D eigenvalue weighted by Crippen LogP contribution is -2.36. The van der Waals surface area contributed by atoms with Gasteiger partial charge in [-0.15, -0.1) is 0 Å². The number of unbranched alkanes of at least 4 members (excludes halogenated alkanes) is 8. The zero-order chi connectivity index (χ0) is 23.0. The lowest BCUT2D eigenvalue weighted by Gasteiger charge is -2.27. The Bertz CT molecular complexity index is 400. The van der Waals surface area contributed by atoms with Crippen molar-refractivity contribution in [3.05, 3.63) is 0 Å². The summed E-state index contributed by atoms with van der Waals surface area (Å²) in [5.74, 6) is 0. The summed E-state index contributed by atoms with van der Waals surface area (Å²) in [7, 11) is 0. The number of aliphatic hydroxyl groups excluding tert-OH is 2. The Kier molecular flexibility index (Phi) is 21.9. The highest BCUT2D eigenvalue weighted by Crippen LogP contribution is 2.32. The predicted molar refractivity (Wildman–Crippen MR) is 155 cm³/mol. The van der Waals surface area contributed by atoms with Gasteiger partial charge in [-0.25, -0.2) is 0 Å². The molecule has 0 radical (unpaired) electrons. The first-order chi connectivity index (χ1) is 14.1. The molecule has 5 atom stereocenters. The fourth-order valence-electron chi connectivity index (χ4n) is 3.38. The summed E-state index contributed by atoms with van der Waals surface area (Å²) in [6, 6.07) is 0. The van der Waals surface area contributed by atoms with Crippen LogP contribution in [-0.4, -0.2) is 45.5 Å². The van der Waals surface area contributed by atoms with Crippen LogP contribution in [0.15, 0.2) is 0 Å². The summed E-state index contributed by atoms with van der Waals surface area (Å²) in [6.45, 7) is 2.35. The molecular formula is C22H40Br6O2. The third kappa shape index (κ3) is 17.3. The van der Waals surface area contributed by atoms with Gasteiger partial charge in [-0.3, -0.25) is 0 Å². The zero-order valence-electron chi connectivity index (χ0n) is 18.2. The molecule has 0 heterocycles. The van der Waals surface area contributed by atoms with E-state index in [0.717, 1.165) is 32.1 Å². The molecule has 0 fully saturated rings. The first kappa shape index (κ1) is 32.8. The van der Waals surface area contributed by atoms with E-state index in [4.69, 9.17) is 0 Å². The predicted octanol–water partition coefficient (Wildman–Crippen LogP) is 9.36. The lowest BCUT2D eigenvalue weighted by atomic mass is 10.0. The summed E-state index contributed by atoms with van der Waals surface area (Å²) in [5, 5.41) is 19.9. The smallest absolute Gasteiger partial charge is 0.103 e. The van der Waals surface area contributed by atoms with E-state index in [-0.39, 0.29) is 19.5 Å². The second kappa shape index (κ2) is 20.0. The molecule has 0 unspecified atom stereocenters. The van der Waals surface area contributed by atoms with Crippen LogP contribution >= 0.6 is 95.6 Å². The lowest BCUT2D eigenvalue weighted by molar-refractivity contribution is 0.166. The quantitative estimate of drug-likeness (QED) is 0.0951. The third-order valence-corrected chi connectivity index (χ3v) is 11.4. The van der Waals surface area contributed by atoms with Crippen LogP contribution in [0.4, 0.5) is 0 Å². The average molecular weight is 816 g/mol.